The van der Waals surface area contributed by atoms with Crippen LogP contribution in [0.1, 0.15) is 94.5 Å². The molecule has 3 aliphatic heterocycles. The highest BCUT2D eigenvalue weighted by molar-refractivity contribution is 7.97. The number of nitrogens with zero attached hydrogens (tertiary/aromatic N) is 5. The number of hydrogen-bond donors (Lipinski definition) is 2. The maximum Gasteiger partial charge on any atom is 0.265 e. The first-order chi connectivity index (χ1) is 20.1. The van der Waals surface area contributed by atoms with E-state index in [4.69, 9.17) is 15.0 Å². The third kappa shape index (κ3) is 6.07. The van der Waals surface area contributed by atoms with E-state index in [-0.39, 0.29) is 22.9 Å². The van der Waals surface area contributed by atoms with Crippen LogP contribution in [0, 0.1) is 5.92 Å². The van der Waals surface area contributed by atoms with E-state index < -0.39 is 0 Å². The van der Waals surface area contributed by atoms with E-state index in [1.54, 1.807) is 0 Å². The molecule has 2 fully saturated rings. The van der Waals surface area contributed by atoms with Gasteiger partial charge in [-0.05, 0) is 88.3 Å². The van der Waals surface area contributed by atoms with Crippen molar-refractivity contribution >= 4 is 35.2 Å². The van der Waals surface area contributed by atoms with Crippen molar-refractivity contribution in [2.45, 2.75) is 88.7 Å². The number of amides is 1. The summed E-state index contributed by atoms with van der Waals surface area (Å²) in [4.78, 5) is 33.3. The Labute approximate surface area is 254 Å². The molecule has 0 radical (unpaired) electrons. The molecule has 2 N–H and O–H groups in total. The van der Waals surface area contributed by atoms with Gasteiger partial charge in [-0.1, -0.05) is 26.8 Å². The molecule has 0 aliphatic carbocycles. The summed E-state index contributed by atoms with van der Waals surface area (Å²) in [5, 5.41) is 4.41. The normalized spacial score (nSPS) is 22.5. The summed E-state index contributed by atoms with van der Waals surface area (Å²) in [5.41, 5.74) is 3.58. The Bertz CT molecular complexity index is 1430. The van der Waals surface area contributed by atoms with Gasteiger partial charge in [-0.2, -0.15) is 0 Å². The first-order valence-electron chi connectivity index (χ1n) is 15.3. The highest BCUT2D eigenvalue weighted by atomic mass is 32.2. The minimum atomic E-state index is -0.155. The number of carbonyl (C=O) groups is 1. The van der Waals surface area contributed by atoms with Crippen molar-refractivity contribution in [3.8, 4) is 0 Å². The predicted molar refractivity (Wildman–Crippen MR) is 171 cm³/mol. The summed E-state index contributed by atoms with van der Waals surface area (Å²) in [6.45, 7) is 14.1. The minimum absolute atomic E-state index is 0.0279. The largest absolute Gasteiger partial charge is 0.370 e. The van der Waals surface area contributed by atoms with Gasteiger partial charge >= 0.3 is 0 Å². The van der Waals surface area contributed by atoms with Crippen molar-refractivity contribution in [1.82, 2.24) is 19.7 Å². The van der Waals surface area contributed by atoms with Gasteiger partial charge in [0, 0.05) is 48.2 Å². The Hall–Kier alpha value is -3.33. The fraction of sp³-hybridized carbons (Fsp3) is 0.515. The van der Waals surface area contributed by atoms with Crippen LogP contribution in [0.25, 0.3) is 0 Å². The van der Waals surface area contributed by atoms with E-state index in [2.05, 4.69) is 66.6 Å². The topological polar surface area (TPSA) is 86.3 Å². The fourth-order valence-electron chi connectivity index (χ4n) is 6.55. The van der Waals surface area contributed by atoms with Crippen molar-refractivity contribution in [3.63, 3.8) is 0 Å². The van der Waals surface area contributed by atoms with E-state index in [1.807, 2.05) is 36.5 Å². The van der Waals surface area contributed by atoms with E-state index in [0.29, 0.717) is 11.5 Å². The predicted octanol–water partition coefficient (Wildman–Crippen LogP) is 6.76. The molecule has 3 aliphatic rings. The molecule has 0 aromatic carbocycles. The second-order valence-corrected chi connectivity index (χ2v) is 14.4. The van der Waals surface area contributed by atoms with Crippen LogP contribution in [-0.2, 0) is 5.41 Å². The summed E-state index contributed by atoms with van der Waals surface area (Å²) >= 11 is 1.24. The average molecular weight is 586 g/mol. The maximum absolute atomic E-state index is 13.6. The van der Waals surface area contributed by atoms with E-state index in [1.165, 1.54) is 30.5 Å². The second-order valence-electron chi connectivity index (χ2n) is 13.6. The summed E-state index contributed by atoms with van der Waals surface area (Å²) in [7, 11) is 0. The Morgan fingerprint density at radius 3 is 2.55 bits per heavy atom. The number of fused-ring (bicyclic) bond motifs is 6. The number of aromatic nitrogens is 3. The van der Waals surface area contributed by atoms with Crippen LogP contribution < -0.4 is 19.8 Å². The van der Waals surface area contributed by atoms with Gasteiger partial charge in [-0.3, -0.25) is 14.5 Å². The highest BCUT2D eigenvalue weighted by Crippen LogP contribution is 2.41. The maximum atomic E-state index is 13.6. The number of hydrogen-bond acceptors (Lipinski definition) is 8. The zero-order chi connectivity index (χ0) is 29.5. The van der Waals surface area contributed by atoms with Crippen LogP contribution in [0.5, 0.6) is 0 Å². The van der Waals surface area contributed by atoms with Crippen molar-refractivity contribution in [2.75, 3.05) is 34.8 Å². The van der Waals surface area contributed by atoms with Crippen LogP contribution >= 0.6 is 11.9 Å². The smallest absolute Gasteiger partial charge is 0.265 e. The molecule has 2 unspecified atom stereocenters. The standard InChI is InChI=1S/C33H43N7OS/c1-32(2,3)27-16-13-24-30(36-27)40-21-22(19-33(40,4)5)11-14-26(25-15-12-23(20-34-25)39-17-6-7-18-39)35-28-9-8-10-29(37-28)42-38-31(24)41/h8-10,12-13,15-16,20,22,26H,6-7,11,14,17-19,21H2,1-5H3,(H,35,37)(H,38,41). The molecule has 2 saturated heterocycles. The summed E-state index contributed by atoms with van der Waals surface area (Å²) in [6.07, 6.45) is 7.53. The molecule has 4 bridgehead atoms. The zero-order valence-electron chi connectivity index (χ0n) is 25.5. The van der Waals surface area contributed by atoms with Crippen molar-refractivity contribution < 1.29 is 4.79 Å². The van der Waals surface area contributed by atoms with Gasteiger partial charge in [-0.15, -0.1) is 0 Å². The molecule has 0 saturated carbocycles. The molecule has 8 nitrogen and oxygen atoms in total. The van der Waals surface area contributed by atoms with Crippen LogP contribution in [0.15, 0.2) is 53.7 Å². The summed E-state index contributed by atoms with van der Waals surface area (Å²) in [5.74, 6) is 1.86. The third-order valence-corrected chi connectivity index (χ3v) is 9.58. The first kappa shape index (κ1) is 28.8. The third-order valence-electron chi connectivity index (χ3n) is 8.86. The molecular formula is C33H43N7OS. The van der Waals surface area contributed by atoms with Crippen LogP contribution in [-0.4, -0.2) is 46.0 Å². The van der Waals surface area contributed by atoms with Gasteiger partial charge < -0.3 is 15.1 Å². The number of rotatable bonds is 2. The quantitative estimate of drug-likeness (QED) is 0.319. The van der Waals surface area contributed by atoms with E-state index >= 15 is 0 Å². The van der Waals surface area contributed by atoms with E-state index in [9.17, 15) is 4.79 Å². The number of nitrogens with one attached hydrogen (secondary N) is 2. The lowest BCUT2D eigenvalue weighted by Gasteiger charge is -2.34. The molecule has 6 rings (SSSR count). The van der Waals surface area contributed by atoms with Gasteiger partial charge in [0.15, 0.2) is 0 Å². The van der Waals surface area contributed by atoms with Crippen LogP contribution in [0.3, 0.4) is 0 Å². The Morgan fingerprint density at radius 2 is 1.81 bits per heavy atom. The summed E-state index contributed by atoms with van der Waals surface area (Å²) in [6, 6.07) is 14.2. The van der Waals surface area contributed by atoms with Crippen LogP contribution in [0.2, 0.25) is 0 Å². The molecule has 42 heavy (non-hydrogen) atoms. The van der Waals surface area contributed by atoms with E-state index in [0.717, 1.165) is 66.9 Å². The second kappa shape index (κ2) is 11.4. The molecule has 9 heteroatoms. The minimum Gasteiger partial charge on any atom is -0.370 e. The highest BCUT2D eigenvalue weighted by Gasteiger charge is 2.41. The molecule has 3 aromatic rings. The number of carbonyl (C=O) groups excluding carboxylic acids is 1. The number of pyridine rings is 3. The average Bonchev–Trinajstić information content (AvgIpc) is 3.61. The van der Waals surface area contributed by atoms with Crippen LogP contribution in [0.4, 0.5) is 17.3 Å². The van der Waals surface area contributed by atoms with Gasteiger partial charge in [0.1, 0.15) is 16.7 Å². The Morgan fingerprint density at radius 1 is 1.00 bits per heavy atom. The van der Waals surface area contributed by atoms with Crippen molar-refractivity contribution in [1.29, 1.82) is 0 Å². The molecule has 222 valence electrons. The first-order valence-corrected chi connectivity index (χ1v) is 16.1. The molecule has 0 spiro atoms. The summed E-state index contributed by atoms with van der Waals surface area (Å²) < 4.78 is 3.04. The lowest BCUT2D eigenvalue weighted by Crippen LogP contribution is -2.40. The van der Waals surface area contributed by atoms with Gasteiger partial charge in [0.05, 0.1) is 29.2 Å². The Balaban J connectivity index is 1.34. The fourth-order valence-corrected chi connectivity index (χ4v) is 7.15. The lowest BCUT2D eigenvalue weighted by atomic mass is 9.90. The Kier molecular flexibility index (Phi) is 7.81. The zero-order valence-corrected chi connectivity index (χ0v) is 26.3. The lowest BCUT2D eigenvalue weighted by molar-refractivity contribution is 0.0984. The molecule has 6 heterocycles. The molecular weight excluding hydrogens is 542 g/mol. The molecule has 1 amide bonds. The number of anilines is 3. The van der Waals surface area contributed by atoms with Crippen molar-refractivity contribution in [3.05, 3.63) is 65.6 Å². The molecule has 3 aromatic heterocycles. The molecule has 2 atom stereocenters. The van der Waals surface area contributed by atoms with Gasteiger partial charge in [0.25, 0.3) is 5.91 Å². The van der Waals surface area contributed by atoms with Gasteiger partial charge in [0.2, 0.25) is 0 Å². The monoisotopic (exact) mass is 585 g/mol. The van der Waals surface area contributed by atoms with Crippen molar-refractivity contribution in [2.24, 2.45) is 5.92 Å². The SMILES string of the molecule is CC(C)(C)c1ccc2c(n1)N1CC(CCC(c3ccc(N4CCCC4)cn3)Nc3cccc(n3)SNC2=O)CC1(C)C. The van der Waals surface area contributed by atoms with Gasteiger partial charge in [-0.25, -0.2) is 9.97 Å².